The van der Waals surface area contributed by atoms with Crippen molar-refractivity contribution in [3.8, 4) is 5.75 Å². The number of rotatable bonds is 10. The molecule has 0 bridgehead atoms. The van der Waals surface area contributed by atoms with E-state index >= 15 is 0 Å². The van der Waals surface area contributed by atoms with Crippen LogP contribution < -0.4 is 4.74 Å². The number of hydrogen-bond donors (Lipinski definition) is 1. The van der Waals surface area contributed by atoms with Crippen LogP contribution in [-0.2, 0) is 11.2 Å². The molecule has 3 rings (SSSR count). The summed E-state index contributed by atoms with van der Waals surface area (Å²) in [6, 6.07) is 10.3. The molecule has 0 fully saturated rings. The molecule has 1 aromatic heterocycles. The van der Waals surface area contributed by atoms with E-state index in [2.05, 4.69) is 37.4 Å². The maximum Gasteiger partial charge on any atom is 0.237 e. The zero-order valence-electron chi connectivity index (χ0n) is 19.2. The van der Waals surface area contributed by atoms with E-state index in [0.29, 0.717) is 38.6 Å². The monoisotopic (exact) mass is 444 g/mol. The minimum Gasteiger partial charge on any atom is -0.491 e. The molecular weight excluding hydrogens is 408 g/mol. The summed E-state index contributed by atoms with van der Waals surface area (Å²) in [6.45, 7) is 11.1. The molecule has 1 amide bonds. The molecule has 0 saturated carbocycles. The largest absolute Gasteiger partial charge is 0.491 e. The molecule has 1 aromatic carbocycles. The molecule has 2 atom stereocenters. The highest BCUT2D eigenvalue weighted by Crippen LogP contribution is 2.34. The Morgan fingerprint density at radius 1 is 1.26 bits per heavy atom. The van der Waals surface area contributed by atoms with E-state index in [1.807, 2.05) is 35.8 Å². The van der Waals surface area contributed by atoms with Gasteiger partial charge in [0.1, 0.15) is 12.4 Å². The SMILES string of the molecule is CC[C@H](O)CN(CC)CC(=O)N1CCc2sccc2[C@@H]1COc1ccc(C(C)C)cc1. The number of thiophene rings is 1. The smallest absolute Gasteiger partial charge is 0.237 e. The molecule has 0 radical (unpaired) electrons. The number of fused-ring (bicyclic) bond motifs is 1. The Kier molecular flexibility index (Phi) is 8.52. The number of aliphatic hydroxyl groups is 1. The van der Waals surface area contributed by atoms with Crippen LogP contribution in [0, 0.1) is 0 Å². The first-order chi connectivity index (χ1) is 14.9. The van der Waals surface area contributed by atoms with Crippen LogP contribution in [0.5, 0.6) is 5.75 Å². The van der Waals surface area contributed by atoms with Crippen LogP contribution in [0.2, 0.25) is 0 Å². The molecule has 0 saturated heterocycles. The Morgan fingerprint density at radius 3 is 2.65 bits per heavy atom. The van der Waals surface area contributed by atoms with Crippen molar-refractivity contribution in [1.29, 1.82) is 0 Å². The fraction of sp³-hybridized carbons (Fsp3) is 0.560. The van der Waals surface area contributed by atoms with Gasteiger partial charge in [-0.3, -0.25) is 9.69 Å². The van der Waals surface area contributed by atoms with Crippen LogP contribution in [0.15, 0.2) is 35.7 Å². The number of ether oxygens (including phenoxy) is 1. The van der Waals surface area contributed by atoms with E-state index in [-0.39, 0.29) is 11.9 Å². The van der Waals surface area contributed by atoms with Crippen molar-refractivity contribution in [2.75, 3.05) is 32.8 Å². The zero-order chi connectivity index (χ0) is 22.4. The van der Waals surface area contributed by atoms with Gasteiger partial charge in [-0.1, -0.05) is 39.8 Å². The lowest BCUT2D eigenvalue weighted by Crippen LogP contribution is -2.47. The Balaban J connectivity index is 1.70. The highest BCUT2D eigenvalue weighted by atomic mass is 32.1. The second kappa shape index (κ2) is 11.1. The normalized spacial score (nSPS) is 17.1. The van der Waals surface area contributed by atoms with Crippen LogP contribution in [0.3, 0.4) is 0 Å². The van der Waals surface area contributed by atoms with Gasteiger partial charge < -0.3 is 14.7 Å². The predicted octanol–water partition coefficient (Wildman–Crippen LogP) is 4.47. The molecule has 2 aromatic rings. The predicted molar refractivity (Wildman–Crippen MR) is 127 cm³/mol. The molecule has 1 N–H and O–H groups in total. The van der Waals surface area contributed by atoms with Gasteiger partial charge in [0.05, 0.1) is 18.7 Å². The summed E-state index contributed by atoms with van der Waals surface area (Å²) in [5.41, 5.74) is 2.50. The number of aliphatic hydroxyl groups excluding tert-OH is 1. The van der Waals surface area contributed by atoms with E-state index in [1.165, 1.54) is 16.0 Å². The average molecular weight is 445 g/mol. The number of likely N-dealkylation sites (N-methyl/N-ethyl adjacent to an activating group) is 1. The summed E-state index contributed by atoms with van der Waals surface area (Å²) in [5, 5.41) is 12.1. The van der Waals surface area contributed by atoms with Gasteiger partial charge in [-0.15, -0.1) is 11.3 Å². The Bertz CT molecular complexity index is 834. The fourth-order valence-corrected chi connectivity index (χ4v) is 4.94. The lowest BCUT2D eigenvalue weighted by molar-refractivity contribution is -0.136. The van der Waals surface area contributed by atoms with Crippen LogP contribution in [0.1, 0.15) is 62.1 Å². The molecule has 2 heterocycles. The van der Waals surface area contributed by atoms with Crippen LogP contribution in [0.25, 0.3) is 0 Å². The quantitative estimate of drug-likeness (QED) is 0.587. The first-order valence-corrected chi connectivity index (χ1v) is 12.3. The second-order valence-electron chi connectivity index (χ2n) is 8.58. The van der Waals surface area contributed by atoms with Crippen molar-refractivity contribution in [3.05, 3.63) is 51.7 Å². The second-order valence-corrected chi connectivity index (χ2v) is 9.58. The molecule has 0 aliphatic carbocycles. The molecular formula is C25H36N2O3S. The first kappa shape index (κ1) is 23.8. The lowest BCUT2D eigenvalue weighted by Gasteiger charge is -2.37. The summed E-state index contributed by atoms with van der Waals surface area (Å²) >= 11 is 1.76. The van der Waals surface area contributed by atoms with Crippen molar-refractivity contribution >= 4 is 17.2 Å². The summed E-state index contributed by atoms with van der Waals surface area (Å²) < 4.78 is 6.16. The number of hydrogen-bond acceptors (Lipinski definition) is 5. The van der Waals surface area contributed by atoms with Crippen molar-refractivity contribution in [3.63, 3.8) is 0 Å². The summed E-state index contributed by atoms with van der Waals surface area (Å²) in [4.78, 5) is 18.6. The number of nitrogens with zero attached hydrogens (tertiary/aromatic N) is 2. The van der Waals surface area contributed by atoms with Gasteiger partial charge in [-0.2, -0.15) is 0 Å². The van der Waals surface area contributed by atoms with Crippen LogP contribution in [-0.4, -0.2) is 59.7 Å². The van der Waals surface area contributed by atoms with Crippen LogP contribution >= 0.6 is 11.3 Å². The minimum absolute atomic E-state index is 0.0814. The van der Waals surface area contributed by atoms with Gasteiger partial charge >= 0.3 is 0 Å². The van der Waals surface area contributed by atoms with E-state index < -0.39 is 6.10 Å². The van der Waals surface area contributed by atoms with Crippen molar-refractivity contribution in [2.45, 2.75) is 58.6 Å². The highest BCUT2D eigenvalue weighted by molar-refractivity contribution is 7.10. The molecule has 5 nitrogen and oxygen atoms in total. The maximum atomic E-state index is 13.3. The van der Waals surface area contributed by atoms with Gasteiger partial charge in [-0.25, -0.2) is 0 Å². The Hall–Kier alpha value is -1.89. The number of carbonyl (C=O) groups is 1. The van der Waals surface area contributed by atoms with E-state index in [9.17, 15) is 9.90 Å². The van der Waals surface area contributed by atoms with E-state index in [4.69, 9.17) is 4.74 Å². The third kappa shape index (κ3) is 6.09. The summed E-state index contributed by atoms with van der Waals surface area (Å²) in [5.74, 6) is 1.42. The third-order valence-corrected chi connectivity index (χ3v) is 7.11. The standard InChI is InChI=1S/C25H36N2O3S/c1-5-20(28)15-26(6-2)16-25(29)27-13-11-24-22(12-14-31-24)23(27)17-30-21-9-7-19(8-10-21)18(3)4/h7-10,12,14,18,20,23,28H,5-6,11,13,15-17H2,1-4H3/t20-,23-/m0/s1. The number of amides is 1. The zero-order valence-corrected chi connectivity index (χ0v) is 20.0. The van der Waals surface area contributed by atoms with Gasteiger partial charge in [-0.05, 0) is 60.0 Å². The van der Waals surface area contributed by atoms with Crippen LogP contribution in [0.4, 0.5) is 0 Å². The maximum absolute atomic E-state index is 13.3. The lowest BCUT2D eigenvalue weighted by atomic mass is 10.00. The van der Waals surface area contributed by atoms with Crippen molar-refractivity contribution < 1.29 is 14.6 Å². The van der Waals surface area contributed by atoms with E-state index in [1.54, 1.807) is 11.3 Å². The van der Waals surface area contributed by atoms with Crippen molar-refractivity contribution in [1.82, 2.24) is 9.80 Å². The van der Waals surface area contributed by atoms with Gasteiger partial charge in [0.25, 0.3) is 0 Å². The average Bonchev–Trinajstić information content (AvgIpc) is 3.26. The van der Waals surface area contributed by atoms with Gasteiger partial charge in [0.15, 0.2) is 0 Å². The molecule has 0 unspecified atom stereocenters. The topological polar surface area (TPSA) is 53.0 Å². The molecule has 6 heteroatoms. The minimum atomic E-state index is -0.398. The summed E-state index contributed by atoms with van der Waals surface area (Å²) in [7, 11) is 0. The third-order valence-electron chi connectivity index (χ3n) is 6.12. The highest BCUT2D eigenvalue weighted by Gasteiger charge is 2.32. The van der Waals surface area contributed by atoms with Gasteiger partial charge in [0, 0.05) is 18.0 Å². The first-order valence-electron chi connectivity index (χ1n) is 11.4. The van der Waals surface area contributed by atoms with Gasteiger partial charge in [0.2, 0.25) is 5.91 Å². The molecule has 31 heavy (non-hydrogen) atoms. The molecule has 1 aliphatic heterocycles. The fourth-order valence-electron chi connectivity index (χ4n) is 4.01. The number of benzene rings is 1. The Labute approximate surface area is 190 Å². The van der Waals surface area contributed by atoms with Crippen molar-refractivity contribution in [2.24, 2.45) is 0 Å². The number of carbonyl (C=O) groups excluding carboxylic acids is 1. The molecule has 0 spiro atoms. The Morgan fingerprint density at radius 2 is 2.00 bits per heavy atom. The molecule has 170 valence electrons. The summed E-state index contributed by atoms with van der Waals surface area (Å²) in [6.07, 6.45) is 1.19. The van der Waals surface area contributed by atoms with E-state index in [0.717, 1.165) is 18.7 Å². The molecule has 1 aliphatic rings.